The van der Waals surface area contributed by atoms with Crippen LogP contribution in [0.1, 0.15) is 26.0 Å². The molecule has 2 heterocycles. The number of hydrogen-bond acceptors (Lipinski definition) is 4. The van der Waals surface area contributed by atoms with Crippen molar-refractivity contribution in [2.24, 2.45) is 5.73 Å². The molecule has 0 radical (unpaired) electrons. The van der Waals surface area contributed by atoms with E-state index < -0.39 is 0 Å². The normalized spacial score (nSPS) is 22.2. The molecule has 0 amide bonds. The summed E-state index contributed by atoms with van der Waals surface area (Å²) in [6, 6.07) is 0.0588. The molecule has 0 aromatic carbocycles. The van der Waals surface area contributed by atoms with Gasteiger partial charge in [0.15, 0.2) is 0 Å². The highest BCUT2D eigenvalue weighted by Gasteiger charge is 2.26. The largest absolute Gasteiger partial charge is 0.373 e. The fourth-order valence-corrected chi connectivity index (χ4v) is 2.37. The fraction of sp³-hybridized carbons (Fsp3) is 0.769. The zero-order valence-corrected chi connectivity index (χ0v) is 11.6. The maximum atomic E-state index is 5.93. The Morgan fingerprint density at radius 1 is 1.61 bits per heavy atom. The van der Waals surface area contributed by atoms with E-state index in [9.17, 15) is 0 Å². The number of anilines is 1. The van der Waals surface area contributed by atoms with E-state index in [-0.39, 0.29) is 12.1 Å². The zero-order valence-electron chi connectivity index (χ0n) is 11.6. The molecular weight excluding hydrogens is 228 g/mol. The van der Waals surface area contributed by atoms with Gasteiger partial charge < -0.3 is 19.9 Å². The number of rotatable bonds is 4. The number of aryl methyl sites for hydroxylation is 2. The van der Waals surface area contributed by atoms with Crippen LogP contribution in [0.3, 0.4) is 0 Å². The smallest absolute Gasteiger partial charge is 0.205 e. The van der Waals surface area contributed by atoms with Gasteiger partial charge in [0.25, 0.3) is 0 Å². The van der Waals surface area contributed by atoms with Gasteiger partial charge in [-0.3, -0.25) is 0 Å². The van der Waals surface area contributed by atoms with Crippen molar-refractivity contribution in [3.63, 3.8) is 0 Å². The number of nitrogens with zero attached hydrogens (tertiary/aromatic N) is 3. The van der Waals surface area contributed by atoms with E-state index in [0.29, 0.717) is 0 Å². The van der Waals surface area contributed by atoms with Gasteiger partial charge in [-0.1, -0.05) is 6.92 Å². The van der Waals surface area contributed by atoms with Crippen LogP contribution in [-0.2, 0) is 11.3 Å². The van der Waals surface area contributed by atoms with E-state index in [1.54, 1.807) is 0 Å². The minimum Gasteiger partial charge on any atom is -0.373 e. The Morgan fingerprint density at radius 3 is 3.06 bits per heavy atom. The highest BCUT2D eigenvalue weighted by atomic mass is 16.5. The Labute approximate surface area is 109 Å². The van der Waals surface area contributed by atoms with E-state index in [1.165, 1.54) is 0 Å². The predicted molar refractivity (Wildman–Crippen MR) is 72.9 cm³/mol. The van der Waals surface area contributed by atoms with Crippen LogP contribution in [0.15, 0.2) is 6.20 Å². The fourth-order valence-electron chi connectivity index (χ4n) is 2.37. The minimum absolute atomic E-state index is 0.0588. The molecule has 18 heavy (non-hydrogen) atoms. The third-order valence-corrected chi connectivity index (χ3v) is 3.30. The lowest BCUT2D eigenvalue weighted by Crippen LogP contribution is -2.50. The van der Waals surface area contributed by atoms with Crippen LogP contribution in [0.4, 0.5) is 5.95 Å². The summed E-state index contributed by atoms with van der Waals surface area (Å²) in [6.45, 7) is 9.68. The summed E-state index contributed by atoms with van der Waals surface area (Å²) in [5, 5.41) is 0. The van der Waals surface area contributed by atoms with Crippen molar-refractivity contribution in [2.45, 2.75) is 45.9 Å². The Bertz CT molecular complexity index is 388. The molecule has 1 aliphatic heterocycles. The lowest BCUT2D eigenvalue weighted by Gasteiger charge is -2.35. The lowest BCUT2D eigenvalue weighted by molar-refractivity contribution is 0.0268. The first-order valence-corrected chi connectivity index (χ1v) is 6.77. The molecule has 1 aromatic heterocycles. The van der Waals surface area contributed by atoms with Crippen molar-refractivity contribution < 1.29 is 4.74 Å². The highest BCUT2D eigenvalue weighted by Crippen LogP contribution is 2.19. The van der Waals surface area contributed by atoms with Gasteiger partial charge in [0.2, 0.25) is 5.95 Å². The van der Waals surface area contributed by atoms with Crippen LogP contribution < -0.4 is 10.6 Å². The second-order valence-electron chi connectivity index (χ2n) is 5.09. The van der Waals surface area contributed by atoms with Gasteiger partial charge in [-0.05, 0) is 20.3 Å². The van der Waals surface area contributed by atoms with Crippen molar-refractivity contribution in [1.29, 1.82) is 0 Å². The molecule has 2 N–H and O–H groups in total. The van der Waals surface area contributed by atoms with Gasteiger partial charge in [0.1, 0.15) is 0 Å². The second kappa shape index (κ2) is 5.71. The molecule has 2 atom stereocenters. The summed E-state index contributed by atoms with van der Waals surface area (Å²) in [5.41, 5.74) is 7.00. The van der Waals surface area contributed by atoms with E-state index in [1.807, 2.05) is 13.8 Å². The topological polar surface area (TPSA) is 56.3 Å². The average molecular weight is 252 g/mol. The van der Waals surface area contributed by atoms with Gasteiger partial charge in [0, 0.05) is 31.9 Å². The van der Waals surface area contributed by atoms with Gasteiger partial charge in [-0.2, -0.15) is 0 Å². The molecule has 2 unspecified atom stereocenters. The Morgan fingerprint density at radius 2 is 2.39 bits per heavy atom. The third kappa shape index (κ3) is 2.84. The standard InChI is InChI=1S/C13H24N4O/c1-4-5-16-8-10(2)15-13(16)17-6-7-18-12(9-17)11(3)14/h8,11-12H,4-7,9,14H2,1-3H3. The number of hydrogen-bond donors (Lipinski definition) is 1. The molecule has 1 aliphatic rings. The Balaban J connectivity index is 2.14. The molecule has 1 aromatic rings. The molecule has 1 fully saturated rings. The maximum absolute atomic E-state index is 5.93. The van der Waals surface area contributed by atoms with E-state index in [2.05, 4.69) is 27.6 Å². The zero-order chi connectivity index (χ0) is 13.1. The Kier molecular flexibility index (Phi) is 4.24. The van der Waals surface area contributed by atoms with Crippen LogP contribution in [0.2, 0.25) is 0 Å². The van der Waals surface area contributed by atoms with Gasteiger partial charge in [-0.25, -0.2) is 4.98 Å². The number of ether oxygens (including phenoxy) is 1. The van der Waals surface area contributed by atoms with Crippen LogP contribution in [-0.4, -0.2) is 41.4 Å². The predicted octanol–water partition coefficient (Wildman–Crippen LogP) is 1.15. The molecule has 2 rings (SSSR count). The Hall–Kier alpha value is -1.07. The van der Waals surface area contributed by atoms with Crippen LogP contribution in [0, 0.1) is 6.92 Å². The molecule has 0 aliphatic carbocycles. The van der Waals surface area contributed by atoms with Crippen molar-refractivity contribution >= 4 is 5.95 Å². The van der Waals surface area contributed by atoms with E-state index in [4.69, 9.17) is 10.5 Å². The lowest BCUT2D eigenvalue weighted by atomic mass is 10.1. The monoisotopic (exact) mass is 252 g/mol. The molecule has 5 heteroatoms. The molecule has 0 saturated carbocycles. The summed E-state index contributed by atoms with van der Waals surface area (Å²) in [4.78, 5) is 6.93. The van der Waals surface area contributed by atoms with Crippen molar-refractivity contribution in [1.82, 2.24) is 9.55 Å². The van der Waals surface area contributed by atoms with Crippen LogP contribution >= 0.6 is 0 Å². The molecule has 1 saturated heterocycles. The van der Waals surface area contributed by atoms with E-state index in [0.717, 1.165) is 44.3 Å². The quantitative estimate of drug-likeness (QED) is 0.873. The van der Waals surface area contributed by atoms with Crippen LogP contribution in [0.25, 0.3) is 0 Å². The summed E-state index contributed by atoms with van der Waals surface area (Å²) in [7, 11) is 0. The van der Waals surface area contributed by atoms with Crippen molar-refractivity contribution in [3.8, 4) is 0 Å². The molecule has 102 valence electrons. The number of aromatic nitrogens is 2. The number of nitrogens with two attached hydrogens (primary N) is 1. The summed E-state index contributed by atoms with van der Waals surface area (Å²) >= 11 is 0. The number of imidazole rings is 1. The van der Waals surface area contributed by atoms with Crippen LogP contribution in [0.5, 0.6) is 0 Å². The summed E-state index contributed by atoms with van der Waals surface area (Å²) in [6.07, 6.45) is 3.34. The minimum atomic E-state index is 0.0588. The van der Waals surface area contributed by atoms with Gasteiger partial charge in [0.05, 0.1) is 18.4 Å². The first-order chi connectivity index (χ1) is 8.61. The molecule has 0 spiro atoms. The average Bonchev–Trinajstić information content (AvgIpc) is 2.71. The molecule has 0 bridgehead atoms. The molecule has 5 nitrogen and oxygen atoms in total. The number of morpholine rings is 1. The van der Waals surface area contributed by atoms with Crippen molar-refractivity contribution in [3.05, 3.63) is 11.9 Å². The second-order valence-corrected chi connectivity index (χ2v) is 5.09. The SMILES string of the molecule is CCCn1cc(C)nc1N1CCOC(C(C)N)C1. The highest BCUT2D eigenvalue weighted by molar-refractivity contribution is 5.34. The van der Waals surface area contributed by atoms with Gasteiger partial charge in [-0.15, -0.1) is 0 Å². The first-order valence-electron chi connectivity index (χ1n) is 6.77. The first kappa shape index (κ1) is 13.4. The maximum Gasteiger partial charge on any atom is 0.205 e. The van der Waals surface area contributed by atoms with Crippen molar-refractivity contribution in [2.75, 3.05) is 24.6 Å². The summed E-state index contributed by atoms with van der Waals surface area (Å²) in [5.74, 6) is 1.06. The molecular formula is C13H24N4O. The summed E-state index contributed by atoms with van der Waals surface area (Å²) < 4.78 is 7.93. The van der Waals surface area contributed by atoms with E-state index >= 15 is 0 Å². The third-order valence-electron chi connectivity index (χ3n) is 3.30. The van der Waals surface area contributed by atoms with Gasteiger partial charge >= 0.3 is 0 Å².